The maximum atomic E-state index is 5.42. The van der Waals surface area contributed by atoms with Crippen molar-refractivity contribution in [2.24, 2.45) is 0 Å². The van der Waals surface area contributed by atoms with Gasteiger partial charge in [-0.25, -0.2) is 0 Å². The Kier molecular flexibility index (Phi) is 2.34. The molecule has 1 aromatic rings. The minimum absolute atomic E-state index is 0.599. The summed E-state index contributed by atoms with van der Waals surface area (Å²) < 4.78 is 1.09. The van der Waals surface area contributed by atoms with Crippen molar-refractivity contribution in [2.45, 2.75) is 6.32 Å². The van der Waals surface area contributed by atoms with Crippen LogP contribution in [-0.4, -0.2) is 7.85 Å². The molecule has 0 spiro atoms. The van der Waals surface area contributed by atoms with Crippen LogP contribution in [0.3, 0.4) is 0 Å². The number of rotatable bonds is 1. The Morgan fingerprint density at radius 1 is 1.33 bits per heavy atom. The second kappa shape index (κ2) is 3.07. The molecule has 44 valence electrons. The highest BCUT2D eigenvalue weighted by Crippen LogP contribution is 2.14. The summed E-state index contributed by atoms with van der Waals surface area (Å²) in [4.78, 5) is 0. The van der Waals surface area contributed by atoms with Crippen molar-refractivity contribution >= 4 is 23.8 Å². The fraction of sp³-hybridized carbons (Fsp3) is 0.143. The lowest BCUT2D eigenvalue weighted by Gasteiger charge is -1.96. The largest absolute Gasteiger partial charge is 0.0717 e. The predicted molar refractivity (Wildman–Crippen MR) is 43.6 cm³/mol. The first kappa shape index (κ1) is 6.88. The van der Waals surface area contributed by atoms with Gasteiger partial charge in [-0.2, -0.15) is 0 Å². The van der Waals surface area contributed by atoms with Gasteiger partial charge in [0.2, 0.25) is 0 Å². The zero-order valence-corrected chi connectivity index (χ0v) is 6.56. The number of halogens is 1. The molecular weight excluding hydrogens is 175 g/mol. The van der Waals surface area contributed by atoms with Crippen LogP contribution in [0.1, 0.15) is 5.56 Å². The van der Waals surface area contributed by atoms with Crippen molar-refractivity contribution in [3.8, 4) is 0 Å². The van der Waals surface area contributed by atoms with Gasteiger partial charge in [-0.05, 0) is 11.6 Å². The molecule has 0 aromatic heterocycles. The van der Waals surface area contributed by atoms with Gasteiger partial charge in [0.1, 0.15) is 0 Å². The molecule has 0 amide bonds. The Labute approximate surface area is 64.8 Å². The average molecular weight is 181 g/mol. The Bertz CT molecular complexity index is 198. The van der Waals surface area contributed by atoms with Crippen molar-refractivity contribution in [1.82, 2.24) is 0 Å². The maximum Gasteiger partial charge on any atom is 0.0717 e. The molecule has 0 fully saturated rings. The zero-order chi connectivity index (χ0) is 6.69. The summed E-state index contributed by atoms with van der Waals surface area (Å²) in [5.41, 5.74) is 1.15. The van der Waals surface area contributed by atoms with Gasteiger partial charge in [-0.15, -0.1) is 0 Å². The van der Waals surface area contributed by atoms with Gasteiger partial charge in [0, 0.05) is 4.47 Å². The zero-order valence-electron chi connectivity index (χ0n) is 4.97. The molecule has 2 heteroatoms. The minimum Gasteiger partial charge on any atom is -0.0632 e. The summed E-state index contributed by atoms with van der Waals surface area (Å²) in [5, 5.41) is 0. The first-order valence-electron chi connectivity index (χ1n) is 2.78. The van der Waals surface area contributed by atoms with Crippen molar-refractivity contribution < 1.29 is 0 Å². The van der Waals surface area contributed by atoms with E-state index in [2.05, 4.69) is 15.9 Å². The fourth-order valence-corrected chi connectivity index (χ4v) is 1.11. The van der Waals surface area contributed by atoms with Crippen LogP contribution in [0.25, 0.3) is 0 Å². The van der Waals surface area contributed by atoms with E-state index in [9.17, 15) is 0 Å². The van der Waals surface area contributed by atoms with Crippen LogP contribution in [0, 0.1) is 0 Å². The molecule has 0 nitrogen and oxygen atoms in total. The summed E-state index contributed by atoms with van der Waals surface area (Å²) in [6.45, 7) is 0. The molecule has 0 heterocycles. The standard InChI is InChI=1S/C7H6BBr/c8-5-6-3-1-2-4-7(6)9/h1-4H,5H2. The lowest BCUT2D eigenvalue weighted by atomic mass is 9.97. The molecule has 1 aromatic carbocycles. The van der Waals surface area contributed by atoms with Crippen LogP contribution in [-0.2, 0) is 6.32 Å². The Hall–Kier alpha value is -0.235. The van der Waals surface area contributed by atoms with E-state index in [-0.39, 0.29) is 0 Å². The molecule has 0 aliphatic carbocycles. The Morgan fingerprint density at radius 3 is 2.44 bits per heavy atom. The van der Waals surface area contributed by atoms with Crippen molar-refractivity contribution in [2.75, 3.05) is 0 Å². The second-order valence-electron chi connectivity index (χ2n) is 1.80. The van der Waals surface area contributed by atoms with Gasteiger partial charge < -0.3 is 0 Å². The minimum atomic E-state index is 0.599. The van der Waals surface area contributed by atoms with Crippen LogP contribution < -0.4 is 0 Å². The van der Waals surface area contributed by atoms with E-state index in [1.165, 1.54) is 0 Å². The quantitative estimate of drug-likeness (QED) is 0.581. The van der Waals surface area contributed by atoms with Crippen LogP contribution in [0.5, 0.6) is 0 Å². The SMILES string of the molecule is [B]Cc1ccccc1Br. The molecule has 0 saturated heterocycles. The molecule has 0 bridgehead atoms. The molecule has 0 unspecified atom stereocenters. The molecule has 0 aliphatic heterocycles. The molecular formula is C7H6BBr. The molecule has 0 N–H and O–H groups in total. The van der Waals surface area contributed by atoms with Gasteiger partial charge in [-0.1, -0.05) is 40.4 Å². The molecule has 2 radical (unpaired) electrons. The van der Waals surface area contributed by atoms with Crippen LogP contribution >= 0.6 is 15.9 Å². The molecule has 0 aliphatic rings. The number of hydrogen-bond acceptors (Lipinski definition) is 0. The van der Waals surface area contributed by atoms with E-state index in [0.717, 1.165) is 10.0 Å². The Balaban J connectivity index is 3.01. The molecule has 0 saturated carbocycles. The number of hydrogen-bond donors (Lipinski definition) is 0. The highest BCUT2D eigenvalue weighted by molar-refractivity contribution is 9.10. The highest BCUT2D eigenvalue weighted by Gasteiger charge is 1.91. The van der Waals surface area contributed by atoms with Crippen molar-refractivity contribution in [1.29, 1.82) is 0 Å². The van der Waals surface area contributed by atoms with Crippen LogP contribution in [0.15, 0.2) is 28.7 Å². The van der Waals surface area contributed by atoms with Crippen LogP contribution in [0.4, 0.5) is 0 Å². The lowest BCUT2D eigenvalue weighted by molar-refractivity contribution is 1.37. The summed E-state index contributed by atoms with van der Waals surface area (Å²) >= 11 is 3.38. The monoisotopic (exact) mass is 180 g/mol. The van der Waals surface area contributed by atoms with Crippen LogP contribution in [0.2, 0.25) is 0 Å². The van der Waals surface area contributed by atoms with Gasteiger partial charge >= 0.3 is 0 Å². The predicted octanol–water partition coefficient (Wildman–Crippen LogP) is 2.12. The van der Waals surface area contributed by atoms with E-state index >= 15 is 0 Å². The van der Waals surface area contributed by atoms with Gasteiger partial charge in [0.25, 0.3) is 0 Å². The average Bonchev–Trinajstić information content (AvgIpc) is 1.89. The third-order valence-corrected chi connectivity index (χ3v) is 1.95. The van der Waals surface area contributed by atoms with Gasteiger partial charge in [-0.3, -0.25) is 0 Å². The van der Waals surface area contributed by atoms with E-state index in [4.69, 9.17) is 7.85 Å². The fourth-order valence-electron chi connectivity index (χ4n) is 0.664. The molecule has 9 heavy (non-hydrogen) atoms. The van der Waals surface area contributed by atoms with E-state index in [0.29, 0.717) is 6.32 Å². The Morgan fingerprint density at radius 2 is 2.00 bits per heavy atom. The first-order chi connectivity index (χ1) is 4.34. The van der Waals surface area contributed by atoms with E-state index in [1.807, 2.05) is 24.3 Å². The topological polar surface area (TPSA) is 0 Å². The summed E-state index contributed by atoms with van der Waals surface area (Å²) in [6, 6.07) is 7.95. The second-order valence-corrected chi connectivity index (χ2v) is 2.65. The normalized spacial score (nSPS) is 9.44. The number of benzene rings is 1. The third-order valence-electron chi connectivity index (χ3n) is 1.18. The summed E-state index contributed by atoms with van der Waals surface area (Å²) in [7, 11) is 5.42. The van der Waals surface area contributed by atoms with Gasteiger partial charge in [0.15, 0.2) is 0 Å². The lowest BCUT2D eigenvalue weighted by Crippen LogP contribution is -1.82. The van der Waals surface area contributed by atoms with Gasteiger partial charge in [0.05, 0.1) is 7.85 Å². The van der Waals surface area contributed by atoms with E-state index in [1.54, 1.807) is 0 Å². The first-order valence-corrected chi connectivity index (χ1v) is 3.57. The third kappa shape index (κ3) is 1.58. The van der Waals surface area contributed by atoms with Crippen molar-refractivity contribution in [3.63, 3.8) is 0 Å². The summed E-state index contributed by atoms with van der Waals surface area (Å²) in [5.74, 6) is 0. The molecule has 1 rings (SSSR count). The summed E-state index contributed by atoms with van der Waals surface area (Å²) in [6.07, 6.45) is 0.599. The van der Waals surface area contributed by atoms with Crippen molar-refractivity contribution in [3.05, 3.63) is 34.3 Å². The van der Waals surface area contributed by atoms with E-state index < -0.39 is 0 Å². The maximum absolute atomic E-state index is 5.42. The smallest absolute Gasteiger partial charge is 0.0632 e. The molecule has 0 atom stereocenters. The highest BCUT2D eigenvalue weighted by atomic mass is 79.9.